The normalized spacial score (nSPS) is 11.7. The van der Waals surface area contributed by atoms with Gasteiger partial charge in [-0.25, -0.2) is 0 Å². The number of carbonyl (C=O) groups is 1. The lowest BCUT2D eigenvalue weighted by molar-refractivity contribution is 0.0939. The molecule has 4 heteroatoms. The van der Waals surface area contributed by atoms with Crippen molar-refractivity contribution in [2.24, 2.45) is 0 Å². The third-order valence-electron chi connectivity index (χ3n) is 4.05. The summed E-state index contributed by atoms with van der Waals surface area (Å²) in [4.78, 5) is 12.6. The van der Waals surface area contributed by atoms with E-state index in [-0.39, 0.29) is 11.9 Å². The predicted octanol–water partition coefficient (Wildman–Crippen LogP) is 4.59. The van der Waals surface area contributed by atoms with Gasteiger partial charge in [-0.1, -0.05) is 23.8 Å². The molecule has 0 radical (unpaired) electrons. The Hall–Kier alpha value is -2.49. The van der Waals surface area contributed by atoms with E-state index in [0.29, 0.717) is 24.5 Å². The minimum atomic E-state index is -0.137. The molecule has 1 N–H and O–H groups in total. The minimum absolute atomic E-state index is 0.0689. The molecule has 2 aromatic carbocycles. The Labute approximate surface area is 150 Å². The number of nitrogens with one attached hydrogen (secondary N) is 1. The van der Waals surface area contributed by atoms with Gasteiger partial charge in [-0.3, -0.25) is 4.79 Å². The highest BCUT2D eigenvalue weighted by Gasteiger charge is 2.15. The van der Waals surface area contributed by atoms with Crippen LogP contribution in [0.3, 0.4) is 0 Å². The van der Waals surface area contributed by atoms with Crippen LogP contribution in [-0.4, -0.2) is 19.1 Å². The largest absolute Gasteiger partial charge is 0.490 e. The standard InChI is InChI=1S/C21H27NO3/c1-6-24-19-11-10-17(13-20(19)25-7-2)16(5)22-21(23)18-12-14(3)8-9-15(18)4/h8-13,16H,6-7H2,1-5H3,(H,22,23). The lowest BCUT2D eigenvalue weighted by atomic mass is 10.0. The maximum absolute atomic E-state index is 12.6. The van der Waals surface area contributed by atoms with E-state index >= 15 is 0 Å². The number of ether oxygens (including phenoxy) is 2. The maximum Gasteiger partial charge on any atom is 0.252 e. The Balaban J connectivity index is 2.19. The lowest BCUT2D eigenvalue weighted by Gasteiger charge is -2.18. The van der Waals surface area contributed by atoms with Gasteiger partial charge in [0, 0.05) is 5.56 Å². The molecule has 0 heterocycles. The van der Waals surface area contributed by atoms with Gasteiger partial charge in [0.2, 0.25) is 0 Å². The molecule has 0 spiro atoms. The first kappa shape index (κ1) is 18.8. The summed E-state index contributed by atoms with van der Waals surface area (Å²) in [5.74, 6) is 1.36. The summed E-state index contributed by atoms with van der Waals surface area (Å²) in [5, 5.41) is 3.07. The zero-order chi connectivity index (χ0) is 18.4. The zero-order valence-corrected chi connectivity index (χ0v) is 15.7. The summed E-state index contributed by atoms with van der Waals surface area (Å²) in [7, 11) is 0. The van der Waals surface area contributed by atoms with Crippen molar-refractivity contribution in [3.05, 3.63) is 58.7 Å². The number of hydrogen-bond acceptors (Lipinski definition) is 3. The van der Waals surface area contributed by atoms with Crippen LogP contribution < -0.4 is 14.8 Å². The fourth-order valence-corrected chi connectivity index (χ4v) is 2.68. The molecular formula is C21H27NO3. The number of carbonyl (C=O) groups excluding carboxylic acids is 1. The van der Waals surface area contributed by atoms with Crippen LogP contribution in [0.2, 0.25) is 0 Å². The molecule has 0 bridgehead atoms. The SMILES string of the molecule is CCOc1ccc(C(C)NC(=O)c2cc(C)ccc2C)cc1OCC. The molecule has 0 aromatic heterocycles. The molecule has 1 atom stereocenters. The van der Waals surface area contributed by atoms with Crippen LogP contribution >= 0.6 is 0 Å². The Morgan fingerprint density at radius 1 is 1.00 bits per heavy atom. The van der Waals surface area contributed by atoms with E-state index in [9.17, 15) is 4.79 Å². The van der Waals surface area contributed by atoms with Crippen LogP contribution in [0.5, 0.6) is 11.5 Å². The molecule has 2 rings (SSSR count). The van der Waals surface area contributed by atoms with Gasteiger partial charge in [-0.15, -0.1) is 0 Å². The maximum atomic E-state index is 12.6. The first-order valence-electron chi connectivity index (χ1n) is 8.73. The van der Waals surface area contributed by atoms with Crippen LogP contribution in [0, 0.1) is 13.8 Å². The van der Waals surface area contributed by atoms with Gasteiger partial charge in [0.1, 0.15) is 0 Å². The monoisotopic (exact) mass is 341 g/mol. The summed E-state index contributed by atoms with van der Waals surface area (Å²) in [5.41, 5.74) is 3.73. The molecule has 0 aliphatic heterocycles. The molecule has 4 nitrogen and oxygen atoms in total. The average molecular weight is 341 g/mol. The van der Waals surface area contributed by atoms with Crippen LogP contribution in [-0.2, 0) is 0 Å². The fraction of sp³-hybridized carbons (Fsp3) is 0.381. The first-order valence-corrected chi connectivity index (χ1v) is 8.73. The molecule has 0 aliphatic rings. The van der Waals surface area contributed by atoms with Crippen molar-refractivity contribution in [2.75, 3.05) is 13.2 Å². The number of aryl methyl sites for hydroxylation is 2. The number of amides is 1. The molecule has 0 aliphatic carbocycles. The van der Waals surface area contributed by atoms with Crippen LogP contribution in [0.4, 0.5) is 0 Å². The third kappa shape index (κ3) is 4.75. The van der Waals surface area contributed by atoms with E-state index in [4.69, 9.17) is 9.47 Å². The van der Waals surface area contributed by atoms with E-state index in [1.54, 1.807) is 0 Å². The quantitative estimate of drug-likeness (QED) is 0.801. The van der Waals surface area contributed by atoms with E-state index in [1.807, 2.05) is 71.0 Å². The number of benzene rings is 2. The van der Waals surface area contributed by atoms with Crippen LogP contribution in [0.15, 0.2) is 36.4 Å². The zero-order valence-electron chi connectivity index (χ0n) is 15.7. The van der Waals surface area contributed by atoms with E-state index < -0.39 is 0 Å². The van der Waals surface area contributed by atoms with Crippen LogP contribution in [0.25, 0.3) is 0 Å². The van der Waals surface area contributed by atoms with Crippen molar-refractivity contribution in [3.63, 3.8) is 0 Å². The molecule has 0 fully saturated rings. The van der Waals surface area contributed by atoms with Gasteiger partial charge in [-0.05, 0) is 63.9 Å². The minimum Gasteiger partial charge on any atom is -0.490 e. The Morgan fingerprint density at radius 3 is 2.36 bits per heavy atom. The highest BCUT2D eigenvalue weighted by Crippen LogP contribution is 2.30. The van der Waals surface area contributed by atoms with Gasteiger partial charge >= 0.3 is 0 Å². The highest BCUT2D eigenvalue weighted by atomic mass is 16.5. The second kappa shape index (κ2) is 8.56. The molecule has 0 saturated carbocycles. The molecule has 25 heavy (non-hydrogen) atoms. The van der Waals surface area contributed by atoms with Crippen molar-refractivity contribution in [1.29, 1.82) is 0 Å². The van der Waals surface area contributed by atoms with Crippen molar-refractivity contribution in [1.82, 2.24) is 5.32 Å². The fourth-order valence-electron chi connectivity index (χ4n) is 2.68. The summed E-state index contributed by atoms with van der Waals surface area (Å²) >= 11 is 0. The molecule has 1 amide bonds. The summed E-state index contributed by atoms with van der Waals surface area (Å²) < 4.78 is 11.3. The smallest absolute Gasteiger partial charge is 0.252 e. The van der Waals surface area contributed by atoms with Crippen molar-refractivity contribution in [3.8, 4) is 11.5 Å². The van der Waals surface area contributed by atoms with Gasteiger partial charge in [0.25, 0.3) is 5.91 Å². The Kier molecular flexibility index (Phi) is 6.45. The van der Waals surface area contributed by atoms with Gasteiger partial charge in [0.15, 0.2) is 11.5 Å². The van der Waals surface area contributed by atoms with Gasteiger partial charge in [0.05, 0.1) is 19.3 Å². The molecule has 2 aromatic rings. The number of hydrogen-bond donors (Lipinski definition) is 1. The summed E-state index contributed by atoms with van der Waals surface area (Å²) in [6, 6.07) is 11.5. The van der Waals surface area contributed by atoms with E-state index in [2.05, 4.69) is 5.32 Å². The third-order valence-corrected chi connectivity index (χ3v) is 4.05. The molecule has 1 unspecified atom stereocenters. The molecule has 0 saturated heterocycles. The lowest BCUT2D eigenvalue weighted by Crippen LogP contribution is -2.27. The van der Waals surface area contributed by atoms with E-state index in [0.717, 1.165) is 22.4 Å². The second-order valence-corrected chi connectivity index (χ2v) is 6.09. The second-order valence-electron chi connectivity index (χ2n) is 6.09. The molecular weight excluding hydrogens is 314 g/mol. The summed E-state index contributed by atoms with van der Waals surface area (Å²) in [6.45, 7) is 10.9. The van der Waals surface area contributed by atoms with Crippen molar-refractivity contribution < 1.29 is 14.3 Å². The number of rotatable bonds is 7. The van der Waals surface area contributed by atoms with Gasteiger partial charge < -0.3 is 14.8 Å². The van der Waals surface area contributed by atoms with Crippen molar-refractivity contribution >= 4 is 5.91 Å². The topological polar surface area (TPSA) is 47.6 Å². The van der Waals surface area contributed by atoms with Gasteiger partial charge in [-0.2, -0.15) is 0 Å². The van der Waals surface area contributed by atoms with E-state index in [1.165, 1.54) is 0 Å². The Morgan fingerprint density at radius 2 is 1.68 bits per heavy atom. The first-order chi connectivity index (χ1) is 12.0. The van der Waals surface area contributed by atoms with Crippen LogP contribution in [0.1, 0.15) is 53.9 Å². The average Bonchev–Trinajstić information content (AvgIpc) is 2.58. The molecule has 134 valence electrons. The summed E-state index contributed by atoms with van der Waals surface area (Å²) in [6.07, 6.45) is 0. The Bertz CT molecular complexity index is 740. The van der Waals surface area contributed by atoms with Crippen molar-refractivity contribution in [2.45, 2.75) is 40.7 Å². The predicted molar refractivity (Wildman–Crippen MR) is 101 cm³/mol. The highest BCUT2D eigenvalue weighted by molar-refractivity contribution is 5.96.